The molecule has 12 heteroatoms. The largest absolute Gasteiger partial charge is 0.465 e. The molecule has 1 amide bonds. The summed E-state index contributed by atoms with van der Waals surface area (Å²) in [5.41, 5.74) is 0.140. The summed E-state index contributed by atoms with van der Waals surface area (Å²) in [5, 5.41) is 28.5. The van der Waals surface area contributed by atoms with Crippen molar-refractivity contribution in [3.05, 3.63) is 74.3 Å². The second-order valence-corrected chi connectivity index (χ2v) is 7.13. The van der Waals surface area contributed by atoms with Gasteiger partial charge in [-0.2, -0.15) is 0 Å². The third kappa shape index (κ3) is 7.65. The molecule has 12 nitrogen and oxygen atoms in total. The molecule has 0 spiro atoms. The van der Waals surface area contributed by atoms with Crippen LogP contribution in [0.5, 0.6) is 5.75 Å². The molecule has 1 atom stereocenters. The van der Waals surface area contributed by atoms with Crippen molar-refractivity contribution in [2.24, 2.45) is 11.1 Å². The highest BCUT2D eigenvalue weighted by atomic mass is 16.7. The van der Waals surface area contributed by atoms with Crippen LogP contribution in [-0.4, -0.2) is 34.0 Å². The number of nitrogens with one attached hydrogen (secondary N) is 1. The molecule has 1 N–H and O–H groups in total. The Balaban J connectivity index is 2.04. The maximum atomic E-state index is 12.6. The number of non-ortho nitro benzene ring substituents is 1. The molecular formula is C22H24N4O8. The van der Waals surface area contributed by atoms with Gasteiger partial charge in [0.05, 0.1) is 28.2 Å². The van der Waals surface area contributed by atoms with Gasteiger partial charge < -0.3 is 14.9 Å². The van der Waals surface area contributed by atoms with Crippen LogP contribution >= 0.6 is 0 Å². The molecule has 0 aliphatic carbocycles. The summed E-state index contributed by atoms with van der Waals surface area (Å²) in [7, 11) is 0. The van der Waals surface area contributed by atoms with Gasteiger partial charge in [0, 0.05) is 12.6 Å². The Morgan fingerprint density at radius 2 is 1.79 bits per heavy atom. The molecule has 0 heterocycles. The zero-order chi connectivity index (χ0) is 25.1. The number of oxime groups is 1. The monoisotopic (exact) mass is 472 g/mol. The Morgan fingerprint density at radius 3 is 2.41 bits per heavy atom. The number of carbonyl (C=O) groups excluding carboxylic acids is 2. The van der Waals surface area contributed by atoms with E-state index in [0.717, 1.165) is 23.8 Å². The molecule has 1 unspecified atom stereocenters. The summed E-state index contributed by atoms with van der Waals surface area (Å²) in [6.07, 6.45) is 0.226. The smallest absolute Gasteiger partial charge is 0.321 e. The summed E-state index contributed by atoms with van der Waals surface area (Å²) in [5.74, 6) is -2.53. The Labute approximate surface area is 194 Å². The molecule has 0 aliphatic rings. The fourth-order valence-corrected chi connectivity index (χ4v) is 2.87. The van der Waals surface area contributed by atoms with Gasteiger partial charge in [0.2, 0.25) is 11.7 Å². The minimum atomic E-state index is -1.08. The van der Waals surface area contributed by atoms with E-state index < -0.39 is 39.0 Å². The van der Waals surface area contributed by atoms with Crippen molar-refractivity contribution in [3.63, 3.8) is 0 Å². The number of rotatable bonds is 12. The number of carbonyl (C=O) groups is 2. The van der Waals surface area contributed by atoms with Crippen molar-refractivity contribution in [1.29, 1.82) is 0 Å². The van der Waals surface area contributed by atoms with Gasteiger partial charge in [-0.05, 0) is 38.3 Å². The van der Waals surface area contributed by atoms with Gasteiger partial charge in [-0.25, -0.2) is 0 Å². The zero-order valence-electron chi connectivity index (χ0n) is 18.6. The van der Waals surface area contributed by atoms with Crippen LogP contribution in [0.3, 0.4) is 0 Å². The third-order valence-electron chi connectivity index (χ3n) is 4.64. The van der Waals surface area contributed by atoms with Crippen molar-refractivity contribution in [1.82, 2.24) is 5.32 Å². The quantitative estimate of drug-likeness (QED) is 0.161. The minimum absolute atomic E-state index is 0.0699. The number of amides is 1. The van der Waals surface area contributed by atoms with E-state index in [4.69, 9.17) is 9.57 Å². The molecule has 0 aliphatic heterocycles. The lowest BCUT2D eigenvalue weighted by Crippen LogP contribution is -2.36. The van der Waals surface area contributed by atoms with Gasteiger partial charge >= 0.3 is 11.7 Å². The Kier molecular flexibility index (Phi) is 9.62. The van der Waals surface area contributed by atoms with Crippen molar-refractivity contribution in [3.8, 4) is 5.75 Å². The van der Waals surface area contributed by atoms with Gasteiger partial charge in [-0.15, -0.1) is 0 Å². The van der Waals surface area contributed by atoms with E-state index in [1.54, 1.807) is 13.8 Å². The van der Waals surface area contributed by atoms with Crippen LogP contribution in [0.2, 0.25) is 0 Å². The van der Waals surface area contributed by atoms with Gasteiger partial charge in [-0.3, -0.25) is 29.8 Å². The highest BCUT2D eigenvalue weighted by molar-refractivity contribution is 5.98. The highest BCUT2D eigenvalue weighted by Crippen LogP contribution is 2.31. The molecule has 2 aromatic carbocycles. The van der Waals surface area contributed by atoms with Crippen molar-refractivity contribution >= 4 is 29.0 Å². The van der Waals surface area contributed by atoms with Crippen LogP contribution in [0.4, 0.5) is 11.4 Å². The van der Waals surface area contributed by atoms with Crippen molar-refractivity contribution in [2.45, 2.75) is 33.2 Å². The summed E-state index contributed by atoms with van der Waals surface area (Å²) >= 11 is 0. The highest BCUT2D eigenvalue weighted by Gasteiger charge is 2.28. The van der Waals surface area contributed by atoms with E-state index in [-0.39, 0.29) is 31.7 Å². The second-order valence-electron chi connectivity index (χ2n) is 7.13. The maximum Gasteiger partial charge on any atom is 0.321 e. The van der Waals surface area contributed by atoms with Gasteiger partial charge in [0.1, 0.15) is 5.92 Å². The molecule has 0 saturated heterocycles. The molecule has 2 rings (SSSR count). The van der Waals surface area contributed by atoms with E-state index in [1.165, 1.54) is 0 Å². The first kappa shape index (κ1) is 25.9. The number of hydrogen-bond donors (Lipinski definition) is 1. The Morgan fingerprint density at radius 1 is 1.09 bits per heavy atom. The average Bonchev–Trinajstić information content (AvgIpc) is 2.82. The number of benzene rings is 2. The zero-order valence-corrected chi connectivity index (χ0v) is 18.6. The lowest BCUT2D eigenvalue weighted by molar-refractivity contribution is -0.394. The van der Waals surface area contributed by atoms with Crippen LogP contribution in [0, 0.1) is 26.1 Å². The van der Waals surface area contributed by atoms with Gasteiger partial charge in [0.25, 0.3) is 5.69 Å². The number of nitro benzene ring substituents is 2. The van der Waals surface area contributed by atoms with Gasteiger partial charge in [-0.1, -0.05) is 35.5 Å². The molecule has 0 bridgehead atoms. The number of esters is 1. The standard InChI is InChI=1S/C22H24N4O8/c1-3-33-22(28)18(21(27)23-14-16-7-5-4-6-8-16)11-9-15(2)24-34-20-12-10-17(25(29)30)13-19(20)26(31)32/h4-8,10,12-13,18H,3,9,11,14H2,1-2H3,(H,23,27)/b24-15+. The summed E-state index contributed by atoms with van der Waals surface area (Å²) in [6.45, 7) is 3.55. The predicted molar refractivity (Wildman–Crippen MR) is 121 cm³/mol. The van der Waals surface area contributed by atoms with E-state index in [1.807, 2.05) is 30.3 Å². The Bertz CT molecular complexity index is 1070. The van der Waals surface area contributed by atoms with Crippen LogP contribution < -0.4 is 10.2 Å². The molecule has 0 radical (unpaired) electrons. The average molecular weight is 472 g/mol. The van der Waals surface area contributed by atoms with Crippen molar-refractivity contribution < 1.29 is 29.0 Å². The lowest BCUT2D eigenvalue weighted by Gasteiger charge is -2.15. The van der Waals surface area contributed by atoms with Gasteiger partial charge in [0.15, 0.2) is 0 Å². The SMILES string of the molecule is CCOC(=O)C(CC/C(C)=N/Oc1ccc([N+](=O)[O-])cc1[N+](=O)[O-])C(=O)NCc1ccccc1. The predicted octanol–water partition coefficient (Wildman–Crippen LogP) is 3.53. The number of ether oxygens (including phenoxy) is 1. The first-order valence-corrected chi connectivity index (χ1v) is 10.3. The summed E-state index contributed by atoms with van der Waals surface area (Å²) in [4.78, 5) is 50.5. The minimum Gasteiger partial charge on any atom is -0.465 e. The molecule has 0 saturated carbocycles. The molecule has 0 fully saturated rings. The van der Waals surface area contributed by atoms with E-state index in [2.05, 4.69) is 10.5 Å². The first-order valence-electron chi connectivity index (χ1n) is 10.3. The summed E-state index contributed by atoms with van der Waals surface area (Å²) < 4.78 is 5.01. The molecule has 180 valence electrons. The van der Waals surface area contributed by atoms with E-state index in [0.29, 0.717) is 5.71 Å². The van der Waals surface area contributed by atoms with Crippen LogP contribution in [0.1, 0.15) is 32.3 Å². The van der Waals surface area contributed by atoms with Crippen LogP contribution in [-0.2, 0) is 20.9 Å². The normalized spacial score (nSPS) is 11.9. The van der Waals surface area contributed by atoms with E-state index in [9.17, 15) is 29.8 Å². The lowest BCUT2D eigenvalue weighted by atomic mass is 10.0. The van der Waals surface area contributed by atoms with Crippen LogP contribution in [0.15, 0.2) is 53.7 Å². The summed E-state index contributed by atoms with van der Waals surface area (Å²) in [6, 6.07) is 12.1. The number of nitrogens with zero attached hydrogens (tertiary/aromatic N) is 3. The molecule has 0 aromatic heterocycles. The first-order chi connectivity index (χ1) is 16.2. The van der Waals surface area contributed by atoms with E-state index >= 15 is 0 Å². The molecular weight excluding hydrogens is 448 g/mol. The Hall–Kier alpha value is -4.35. The van der Waals surface area contributed by atoms with Crippen molar-refractivity contribution in [2.75, 3.05) is 6.61 Å². The fourth-order valence-electron chi connectivity index (χ4n) is 2.87. The third-order valence-corrected chi connectivity index (χ3v) is 4.64. The van der Waals surface area contributed by atoms with Crippen LogP contribution in [0.25, 0.3) is 0 Å². The molecule has 2 aromatic rings. The maximum absolute atomic E-state index is 12.6. The second kappa shape index (κ2) is 12.6. The topological polar surface area (TPSA) is 163 Å². The number of hydrogen-bond acceptors (Lipinski definition) is 9. The number of nitro groups is 2. The molecule has 34 heavy (non-hydrogen) atoms. The fraction of sp³-hybridized carbons (Fsp3) is 0.318.